The predicted octanol–water partition coefficient (Wildman–Crippen LogP) is 3.65. The second-order valence-electron chi connectivity index (χ2n) is 7.06. The summed E-state index contributed by atoms with van der Waals surface area (Å²) >= 11 is 1.46. The summed E-state index contributed by atoms with van der Waals surface area (Å²) in [5, 5.41) is 27.8. The summed E-state index contributed by atoms with van der Waals surface area (Å²) in [5.74, 6) is 0. The van der Waals surface area contributed by atoms with Crippen molar-refractivity contribution in [3.8, 4) is 23.3 Å². The standard InChI is InChI=1S/C22H19N7S/c1-27(2)7-8-28-14-19(13-25-28)17-9-21(22-18(11-24)12-26-29(22)15-17)30-20-6-4-3-5-16(20)10-23/h3-6,9,12-15H,7-8H2,1-2H3. The van der Waals surface area contributed by atoms with E-state index in [0.29, 0.717) is 11.1 Å². The van der Waals surface area contributed by atoms with Crippen LogP contribution in [0, 0.1) is 22.7 Å². The second kappa shape index (κ2) is 8.42. The van der Waals surface area contributed by atoms with Gasteiger partial charge in [-0.3, -0.25) is 4.68 Å². The number of nitriles is 2. The first-order valence-electron chi connectivity index (χ1n) is 9.35. The molecule has 1 aromatic carbocycles. The smallest absolute Gasteiger partial charge is 0.103 e. The van der Waals surface area contributed by atoms with Crippen LogP contribution in [0.1, 0.15) is 11.1 Å². The summed E-state index contributed by atoms with van der Waals surface area (Å²) in [5.41, 5.74) is 3.75. The zero-order chi connectivity index (χ0) is 21.1. The fourth-order valence-corrected chi connectivity index (χ4v) is 4.20. The highest BCUT2D eigenvalue weighted by Crippen LogP contribution is 2.36. The molecule has 0 atom stereocenters. The molecule has 148 valence electrons. The maximum absolute atomic E-state index is 9.53. The minimum Gasteiger partial charge on any atom is -0.308 e. The molecule has 3 aromatic heterocycles. The quantitative estimate of drug-likeness (QED) is 0.480. The maximum Gasteiger partial charge on any atom is 0.103 e. The van der Waals surface area contributed by atoms with Crippen molar-refractivity contribution in [3.63, 3.8) is 0 Å². The van der Waals surface area contributed by atoms with Crippen LogP contribution in [-0.2, 0) is 6.54 Å². The molecule has 0 aliphatic heterocycles. The number of aromatic nitrogens is 4. The number of nitrogens with zero attached hydrogens (tertiary/aromatic N) is 7. The molecule has 4 aromatic rings. The zero-order valence-corrected chi connectivity index (χ0v) is 17.5. The Balaban J connectivity index is 1.78. The first-order valence-corrected chi connectivity index (χ1v) is 10.2. The Morgan fingerprint density at radius 3 is 2.53 bits per heavy atom. The normalized spacial score (nSPS) is 11.0. The molecule has 0 bridgehead atoms. The van der Waals surface area contributed by atoms with E-state index in [1.54, 1.807) is 16.8 Å². The van der Waals surface area contributed by atoms with Crippen LogP contribution in [0.5, 0.6) is 0 Å². The Kier molecular flexibility index (Phi) is 5.53. The third-order valence-corrected chi connectivity index (χ3v) is 5.77. The minimum absolute atomic E-state index is 0.500. The number of benzene rings is 1. The van der Waals surface area contributed by atoms with Crippen LogP contribution in [0.25, 0.3) is 16.6 Å². The van der Waals surface area contributed by atoms with Crippen LogP contribution in [0.3, 0.4) is 0 Å². The molecule has 8 heteroatoms. The minimum atomic E-state index is 0.500. The van der Waals surface area contributed by atoms with Crippen LogP contribution in [0.15, 0.2) is 64.9 Å². The molecule has 0 aliphatic rings. The zero-order valence-electron chi connectivity index (χ0n) is 16.6. The third kappa shape index (κ3) is 3.92. The highest BCUT2D eigenvalue weighted by Gasteiger charge is 2.15. The molecule has 3 heterocycles. The lowest BCUT2D eigenvalue weighted by Crippen LogP contribution is -2.18. The van der Waals surface area contributed by atoms with E-state index in [1.807, 2.05) is 61.6 Å². The topological polar surface area (TPSA) is 85.9 Å². The van der Waals surface area contributed by atoms with Crippen LogP contribution in [0.2, 0.25) is 0 Å². The van der Waals surface area contributed by atoms with E-state index in [1.165, 1.54) is 11.8 Å². The summed E-state index contributed by atoms with van der Waals surface area (Å²) in [4.78, 5) is 3.82. The van der Waals surface area contributed by atoms with Crippen molar-refractivity contribution in [3.05, 3.63) is 66.2 Å². The van der Waals surface area contributed by atoms with Crippen molar-refractivity contribution in [1.29, 1.82) is 10.5 Å². The molecule has 0 saturated carbocycles. The molecular formula is C22H19N7S. The first kappa shape index (κ1) is 19.7. The average Bonchev–Trinajstić information content (AvgIpc) is 3.39. The van der Waals surface area contributed by atoms with E-state index in [9.17, 15) is 10.5 Å². The largest absolute Gasteiger partial charge is 0.308 e. The Bertz CT molecular complexity index is 1290. The Labute approximate surface area is 178 Å². The van der Waals surface area contributed by atoms with E-state index in [2.05, 4.69) is 27.2 Å². The Morgan fingerprint density at radius 1 is 0.967 bits per heavy atom. The number of fused-ring (bicyclic) bond motifs is 1. The van der Waals surface area contributed by atoms with E-state index < -0.39 is 0 Å². The lowest BCUT2D eigenvalue weighted by atomic mass is 10.1. The maximum atomic E-state index is 9.53. The van der Waals surface area contributed by atoms with E-state index >= 15 is 0 Å². The molecule has 7 nitrogen and oxygen atoms in total. The lowest BCUT2D eigenvalue weighted by Gasteiger charge is -2.09. The number of rotatable bonds is 6. The van der Waals surface area contributed by atoms with E-state index in [4.69, 9.17) is 0 Å². The molecule has 0 N–H and O–H groups in total. The molecule has 0 unspecified atom stereocenters. The summed E-state index contributed by atoms with van der Waals surface area (Å²) in [7, 11) is 4.07. The molecule has 0 fully saturated rings. The van der Waals surface area contributed by atoms with Crippen LogP contribution in [-0.4, -0.2) is 44.9 Å². The molecule has 0 radical (unpaired) electrons. The summed E-state index contributed by atoms with van der Waals surface area (Å²) in [6.07, 6.45) is 7.32. The van der Waals surface area contributed by atoms with Crippen molar-refractivity contribution in [1.82, 2.24) is 24.3 Å². The summed E-state index contributed by atoms with van der Waals surface area (Å²) in [6.45, 7) is 1.70. The molecule has 0 spiro atoms. The first-order chi connectivity index (χ1) is 14.6. The summed E-state index contributed by atoms with van der Waals surface area (Å²) < 4.78 is 3.64. The van der Waals surface area contributed by atoms with Gasteiger partial charge in [0.1, 0.15) is 12.1 Å². The van der Waals surface area contributed by atoms with Gasteiger partial charge in [-0.25, -0.2) is 4.52 Å². The van der Waals surface area contributed by atoms with Gasteiger partial charge in [0.15, 0.2) is 0 Å². The van der Waals surface area contributed by atoms with Crippen LogP contribution >= 0.6 is 11.8 Å². The lowest BCUT2D eigenvalue weighted by molar-refractivity contribution is 0.373. The van der Waals surface area contributed by atoms with Crippen molar-refractivity contribution < 1.29 is 0 Å². The van der Waals surface area contributed by atoms with Crippen LogP contribution in [0.4, 0.5) is 0 Å². The van der Waals surface area contributed by atoms with E-state index in [-0.39, 0.29) is 0 Å². The second-order valence-corrected chi connectivity index (χ2v) is 8.15. The van der Waals surface area contributed by atoms with Crippen molar-refractivity contribution >= 4 is 17.3 Å². The third-order valence-electron chi connectivity index (χ3n) is 4.67. The fraction of sp³-hybridized carbons (Fsp3) is 0.182. The van der Waals surface area contributed by atoms with Crippen LogP contribution < -0.4 is 0 Å². The fourth-order valence-electron chi connectivity index (χ4n) is 3.11. The van der Waals surface area contributed by atoms with Gasteiger partial charge in [-0.15, -0.1) is 0 Å². The molecule has 4 rings (SSSR count). The van der Waals surface area contributed by atoms with Gasteiger partial charge in [0.2, 0.25) is 0 Å². The van der Waals surface area contributed by atoms with Crippen molar-refractivity contribution in [2.45, 2.75) is 16.3 Å². The van der Waals surface area contributed by atoms with Gasteiger partial charge in [0, 0.05) is 39.9 Å². The van der Waals surface area contributed by atoms with Gasteiger partial charge in [-0.1, -0.05) is 23.9 Å². The predicted molar refractivity (Wildman–Crippen MR) is 115 cm³/mol. The SMILES string of the molecule is CN(C)CCn1cc(-c2cc(Sc3ccccc3C#N)c3c(C#N)cnn3c2)cn1. The number of pyridine rings is 1. The molecule has 0 aliphatic carbocycles. The average molecular weight is 414 g/mol. The number of likely N-dealkylation sites (N-methyl/N-ethyl adjacent to an activating group) is 1. The number of hydrogen-bond acceptors (Lipinski definition) is 6. The monoisotopic (exact) mass is 413 g/mol. The van der Waals surface area contributed by atoms with Gasteiger partial charge in [0.25, 0.3) is 0 Å². The van der Waals surface area contributed by atoms with Gasteiger partial charge in [0.05, 0.1) is 35.6 Å². The molecule has 30 heavy (non-hydrogen) atoms. The molecule has 0 saturated heterocycles. The van der Waals surface area contributed by atoms with Gasteiger partial charge < -0.3 is 4.90 Å². The Hall–Kier alpha value is -3.59. The molecule has 0 amide bonds. The highest BCUT2D eigenvalue weighted by atomic mass is 32.2. The summed E-state index contributed by atoms with van der Waals surface area (Å²) in [6, 6.07) is 13.9. The van der Waals surface area contributed by atoms with Crippen molar-refractivity contribution in [2.24, 2.45) is 0 Å². The Morgan fingerprint density at radius 2 is 1.77 bits per heavy atom. The van der Waals surface area contributed by atoms with E-state index in [0.717, 1.165) is 39.5 Å². The highest BCUT2D eigenvalue weighted by molar-refractivity contribution is 7.99. The van der Waals surface area contributed by atoms with Gasteiger partial charge in [-0.05, 0) is 32.3 Å². The van der Waals surface area contributed by atoms with Crippen molar-refractivity contribution in [2.75, 3.05) is 20.6 Å². The van der Waals surface area contributed by atoms with Gasteiger partial charge >= 0.3 is 0 Å². The molecular weight excluding hydrogens is 394 g/mol. The van der Waals surface area contributed by atoms with Gasteiger partial charge in [-0.2, -0.15) is 20.7 Å². The number of hydrogen-bond donors (Lipinski definition) is 0.